The van der Waals surface area contributed by atoms with Crippen LogP contribution < -0.4 is 4.90 Å². The van der Waals surface area contributed by atoms with E-state index < -0.39 is 5.41 Å². The van der Waals surface area contributed by atoms with Crippen LogP contribution in [0.25, 0.3) is 66.8 Å². The van der Waals surface area contributed by atoms with Crippen LogP contribution in [0.3, 0.4) is 0 Å². The summed E-state index contributed by atoms with van der Waals surface area (Å²) in [6.45, 7) is 9.52. The van der Waals surface area contributed by atoms with Gasteiger partial charge in [-0.15, -0.1) is 0 Å². The molecule has 0 fully saturated rings. The van der Waals surface area contributed by atoms with Crippen molar-refractivity contribution in [2.24, 2.45) is 0 Å². The van der Waals surface area contributed by atoms with E-state index in [1.807, 2.05) is 0 Å². The van der Waals surface area contributed by atoms with Gasteiger partial charge in [0.1, 0.15) is 0 Å². The monoisotopic (exact) mass is 867 g/mol. The van der Waals surface area contributed by atoms with Crippen molar-refractivity contribution in [1.29, 1.82) is 0 Å². The summed E-state index contributed by atoms with van der Waals surface area (Å²) in [4.78, 5) is 2.53. The van der Waals surface area contributed by atoms with Crippen molar-refractivity contribution in [3.8, 4) is 66.8 Å². The van der Waals surface area contributed by atoms with E-state index in [0.717, 1.165) is 17.1 Å². The first kappa shape index (κ1) is 39.2. The van der Waals surface area contributed by atoms with E-state index in [-0.39, 0.29) is 10.8 Å². The van der Waals surface area contributed by atoms with Crippen LogP contribution in [-0.2, 0) is 16.2 Å². The summed E-state index contributed by atoms with van der Waals surface area (Å²) >= 11 is 0. The van der Waals surface area contributed by atoms with E-state index in [0.29, 0.717) is 0 Å². The van der Waals surface area contributed by atoms with E-state index in [9.17, 15) is 0 Å². The molecular formula is C67H49N. The Labute approximate surface area is 399 Å². The molecule has 0 heterocycles. The number of nitrogens with zero attached hydrogens (tertiary/aromatic N) is 1. The average molecular weight is 868 g/mol. The van der Waals surface area contributed by atoms with Gasteiger partial charge in [0.2, 0.25) is 0 Å². The minimum atomic E-state index is -0.461. The molecule has 0 amide bonds. The Hall–Kier alpha value is -8.00. The highest BCUT2D eigenvalue weighted by molar-refractivity contribution is 6.00. The first-order valence-corrected chi connectivity index (χ1v) is 24.2. The van der Waals surface area contributed by atoms with Gasteiger partial charge in [0, 0.05) is 27.8 Å². The number of hydrogen-bond donors (Lipinski definition) is 0. The number of rotatable bonds is 5. The highest BCUT2D eigenvalue weighted by atomic mass is 15.1. The second-order valence-electron chi connectivity index (χ2n) is 20.3. The first-order valence-electron chi connectivity index (χ1n) is 24.2. The highest BCUT2D eigenvalue weighted by Crippen LogP contribution is 2.64. The average Bonchev–Trinajstić information content (AvgIpc) is 4.02. The van der Waals surface area contributed by atoms with E-state index in [1.54, 1.807) is 0 Å². The Kier molecular flexibility index (Phi) is 8.08. The lowest BCUT2D eigenvalue weighted by molar-refractivity contribution is 0.660. The number of hydrogen-bond acceptors (Lipinski definition) is 1. The molecule has 322 valence electrons. The van der Waals surface area contributed by atoms with Crippen LogP contribution in [-0.4, -0.2) is 0 Å². The quantitative estimate of drug-likeness (QED) is 0.167. The third-order valence-corrected chi connectivity index (χ3v) is 16.3. The largest absolute Gasteiger partial charge is 0.310 e. The fourth-order valence-corrected chi connectivity index (χ4v) is 13.4. The molecule has 0 radical (unpaired) electrons. The molecule has 0 aromatic heterocycles. The second-order valence-corrected chi connectivity index (χ2v) is 20.3. The predicted octanol–water partition coefficient (Wildman–Crippen LogP) is 17.4. The van der Waals surface area contributed by atoms with Crippen LogP contribution in [0, 0.1) is 0 Å². The van der Waals surface area contributed by atoms with Crippen molar-refractivity contribution >= 4 is 17.1 Å². The van der Waals surface area contributed by atoms with Crippen LogP contribution in [0.4, 0.5) is 17.1 Å². The normalized spacial score (nSPS) is 15.1. The molecule has 1 nitrogen and oxygen atoms in total. The van der Waals surface area contributed by atoms with E-state index >= 15 is 0 Å². The van der Waals surface area contributed by atoms with Gasteiger partial charge < -0.3 is 4.90 Å². The van der Waals surface area contributed by atoms with Crippen molar-refractivity contribution in [2.75, 3.05) is 4.90 Å². The maximum absolute atomic E-state index is 2.53. The Bertz CT molecular complexity index is 3690. The van der Waals surface area contributed by atoms with Crippen LogP contribution in [0.2, 0.25) is 0 Å². The Morgan fingerprint density at radius 2 is 0.706 bits per heavy atom. The van der Waals surface area contributed by atoms with Gasteiger partial charge in [0.15, 0.2) is 0 Å². The number of fused-ring (bicyclic) bond motifs is 16. The van der Waals surface area contributed by atoms with Gasteiger partial charge in [-0.25, -0.2) is 0 Å². The van der Waals surface area contributed by atoms with Gasteiger partial charge >= 0.3 is 0 Å². The van der Waals surface area contributed by atoms with Crippen LogP contribution in [0.15, 0.2) is 224 Å². The van der Waals surface area contributed by atoms with Gasteiger partial charge in [-0.1, -0.05) is 222 Å². The molecule has 4 aliphatic rings. The Morgan fingerprint density at radius 3 is 1.34 bits per heavy atom. The van der Waals surface area contributed by atoms with E-state index in [2.05, 4.69) is 257 Å². The lowest BCUT2D eigenvalue weighted by atomic mass is 9.70. The van der Waals surface area contributed by atoms with Crippen LogP contribution in [0.5, 0.6) is 0 Å². The van der Waals surface area contributed by atoms with E-state index in [4.69, 9.17) is 0 Å². The van der Waals surface area contributed by atoms with Crippen molar-refractivity contribution in [3.63, 3.8) is 0 Å². The van der Waals surface area contributed by atoms with Gasteiger partial charge in [-0.3, -0.25) is 0 Å². The Morgan fingerprint density at radius 1 is 0.279 bits per heavy atom. The molecule has 0 bridgehead atoms. The molecule has 0 N–H and O–H groups in total. The molecule has 0 saturated carbocycles. The number of benzene rings is 10. The van der Waals surface area contributed by atoms with Crippen molar-refractivity contribution in [3.05, 3.63) is 269 Å². The fraction of sp³-hybridized carbons (Fsp3) is 0.104. The van der Waals surface area contributed by atoms with Crippen molar-refractivity contribution in [2.45, 2.75) is 43.9 Å². The summed E-state index contributed by atoms with van der Waals surface area (Å²) in [5.41, 5.74) is 29.1. The third-order valence-electron chi connectivity index (χ3n) is 16.3. The lowest BCUT2D eigenvalue weighted by Crippen LogP contribution is -2.26. The minimum Gasteiger partial charge on any atom is -0.310 e. The van der Waals surface area contributed by atoms with Gasteiger partial charge in [-0.2, -0.15) is 0 Å². The summed E-state index contributed by atoms with van der Waals surface area (Å²) in [5, 5.41) is 0. The first-order chi connectivity index (χ1) is 33.3. The zero-order valence-corrected chi connectivity index (χ0v) is 38.8. The van der Waals surface area contributed by atoms with E-state index in [1.165, 1.54) is 111 Å². The summed E-state index contributed by atoms with van der Waals surface area (Å²) in [5.74, 6) is 0. The molecule has 4 aliphatic carbocycles. The molecular weight excluding hydrogens is 819 g/mol. The molecule has 0 unspecified atom stereocenters. The number of para-hydroxylation sites is 1. The lowest BCUT2D eigenvalue weighted by Gasteiger charge is -2.33. The standard InChI is InChI=1S/C67H49N/c1-65(2)56-29-12-9-24-54(56)63-52(26-18-33-60(63)65)51-23-10-16-34-62(51)68(43-37-35-42(36-38-43)45-25-17-27-53-49-22-5-11-28-55(49)66(3,4)64(45)53)44-39-40-50-48-21-8-15-32-59(48)67(61(50)41-44)57-30-13-6-19-46(57)47-20-7-14-31-58(47)67/h5-41H,1-4H3. The topological polar surface area (TPSA) is 3.24 Å². The summed E-state index contributed by atoms with van der Waals surface area (Å²) < 4.78 is 0. The summed E-state index contributed by atoms with van der Waals surface area (Å²) in [6.07, 6.45) is 0. The molecule has 0 aliphatic heterocycles. The van der Waals surface area contributed by atoms with Gasteiger partial charge in [0.05, 0.1) is 11.1 Å². The van der Waals surface area contributed by atoms with Gasteiger partial charge in [-0.05, 0) is 136 Å². The molecule has 10 aromatic rings. The second kappa shape index (κ2) is 14.0. The van der Waals surface area contributed by atoms with Crippen molar-refractivity contribution in [1.82, 2.24) is 0 Å². The van der Waals surface area contributed by atoms with Gasteiger partial charge in [0.25, 0.3) is 0 Å². The molecule has 0 saturated heterocycles. The van der Waals surface area contributed by atoms with Crippen LogP contribution in [0.1, 0.15) is 72.2 Å². The minimum absolute atomic E-state index is 0.114. The molecule has 10 aromatic carbocycles. The maximum atomic E-state index is 2.53. The molecule has 1 heteroatoms. The fourth-order valence-electron chi connectivity index (χ4n) is 13.4. The summed E-state index contributed by atoms with van der Waals surface area (Å²) in [6, 6.07) is 84.9. The summed E-state index contributed by atoms with van der Waals surface area (Å²) in [7, 11) is 0. The third kappa shape index (κ3) is 5.06. The number of anilines is 3. The smallest absolute Gasteiger partial charge is 0.0726 e. The van der Waals surface area contributed by atoms with Crippen LogP contribution >= 0.6 is 0 Å². The van der Waals surface area contributed by atoms with Crippen molar-refractivity contribution < 1.29 is 0 Å². The molecule has 68 heavy (non-hydrogen) atoms. The SMILES string of the molecule is CC1(C)c2ccccc2-c2c(-c3ccccc3N(c3ccc(-c4cccc5c4C(C)(C)c4ccccc4-5)cc3)c3ccc4c(c3)C3(c5ccccc5-c5ccccc53)c3ccccc3-4)cccc21. The predicted molar refractivity (Wildman–Crippen MR) is 283 cm³/mol. The molecule has 14 rings (SSSR count). The molecule has 1 spiro atoms. The Balaban J connectivity index is 1.00. The molecule has 0 atom stereocenters. The maximum Gasteiger partial charge on any atom is 0.0726 e. The highest BCUT2D eigenvalue weighted by Gasteiger charge is 2.52. The zero-order chi connectivity index (χ0) is 45.5. The zero-order valence-electron chi connectivity index (χ0n) is 38.8.